The molecule has 0 aliphatic carbocycles. The van der Waals surface area contributed by atoms with E-state index in [1.165, 1.54) is 15.9 Å². The van der Waals surface area contributed by atoms with Crippen LogP contribution in [0.4, 0.5) is 10.9 Å². The highest BCUT2D eigenvalue weighted by atomic mass is 32.1. The van der Waals surface area contributed by atoms with Gasteiger partial charge in [0.05, 0.1) is 24.2 Å². The van der Waals surface area contributed by atoms with Crippen LogP contribution in [0.25, 0.3) is 0 Å². The van der Waals surface area contributed by atoms with Crippen molar-refractivity contribution in [1.82, 2.24) is 14.5 Å². The second kappa shape index (κ2) is 6.79. The summed E-state index contributed by atoms with van der Waals surface area (Å²) in [6.45, 7) is 5.13. The Labute approximate surface area is 160 Å². The van der Waals surface area contributed by atoms with E-state index in [0.717, 1.165) is 21.6 Å². The monoisotopic (exact) mass is 383 g/mol. The quantitative estimate of drug-likeness (QED) is 0.718. The molecule has 3 N–H and O–H groups in total. The number of anilines is 2. The Kier molecular flexibility index (Phi) is 4.45. The lowest BCUT2D eigenvalue weighted by Crippen LogP contribution is -2.38. The van der Waals surface area contributed by atoms with E-state index in [-0.39, 0.29) is 5.69 Å². The van der Waals surface area contributed by atoms with Gasteiger partial charge in [-0.1, -0.05) is 23.8 Å². The Bertz CT molecular complexity index is 1060. The van der Waals surface area contributed by atoms with Gasteiger partial charge >= 0.3 is 5.69 Å². The van der Waals surface area contributed by atoms with Gasteiger partial charge in [0.25, 0.3) is 0 Å². The molecule has 8 heteroatoms. The molecule has 0 amide bonds. The summed E-state index contributed by atoms with van der Waals surface area (Å²) in [5.41, 5.74) is 8.49. The lowest BCUT2D eigenvalue weighted by molar-refractivity contribution is 0.174. The van der Waals surface area contributed by atoms with Gasteiger partial charge in [-0.3, -0.25) is 4.57 Å². The number of nitrogen functional groups attached to an aromatic ring is 1. The fourth-order valence-electron chi connectivity index (χ4n) is 3.37. The normalized spacial score (nSPS) is 16.4. The van der Waals surface area contributed by atoms with Gasteiger partial charge in [-0.15, -0.1) is 11.3 Å². The second-order valence-electron chi connectivity index (χ2n) is 6.84. The molecule has 0 fully saturated rings. The summed E-state index contributed by atoms with van der Waals surface area (Å²) in [4.78, 5) is 24.1. The van der Waals surface area contributed by atoms with Crippen molar-refractivity contribution in [1.29, 1.82) is 0 Å². The number of rotatable bonds is 3. The highest BCUT2D eigenvalue weighted by Gasteiger charge is 2.26. The van der Waals surface area contributed by atoms with Crippen LogP contribution < -0.4 is 16.3 Å². The molecule has 0 bridgehead atoms. The first-order valence-electron chi connectivity index (χ1n) is 8.73. The molecule has 140 valence electrons. The zero-order valence-electron chi connectivity index (χ0n) is 15.2. The molecule has 3 aromatic rings. The van der Waals surface area contributed by atoms with Gasteiger partial charge in [0.1, 0.15) is 5.82 Å². The molecule has 2 aromatic heterocycles. The van der Waals surface area contributed by atoms with Crippen LogP contribution in [0.2, 0.25) is 0 Å². The number of aliphatic hydroxyl groups is 1. The number of β-amino-alcohol motifs (C(OH)–C–C–N with tert-alkyl or cyclic N) is 1. The first kappa shape index (κ1) is 17.7. The minimum absolute atomic E-state index is 0.352. The van der Waals surface area contributed by atoms with Crippen LogP contribution in [0.5, 0.6) is 0 Å². The van der Waals surface area contributed by atoms with E-state index in [1.807, 2.05) is 42.2 Å². The maximum Gasteiger partial charge on any atom is 0.352 e. The Morgan fingerprint density at radius 3 is 2.78 bits per heavy atom. The van der Waals surface area contributed by atoms with Gasteiger partial charge in [-0.05, 0) is 37.1 Å². The van der Waals surface area contributed by atoms with E-state index in [2.05, 4.69) is 9.97 Å². The predicted molar refractivity (Wildman–Crippen MR) is 106 cm³/mol. The standard InChI is InChI=1S/C19H21N5O2S/c1-11-3-4-13-8-23(10-16(25)15(13)7-11)18-21-12(2)24(19(26)22-18)9-14-5-6-17(20)27-14/h3-7,16,25H,8-10,20H2,1-2H3. The van der Waals surface area contributed by atoms with Crippen LogP contribution in [0.3, 0.4) is 0 Å². The number of aryl methyl sites for hydroxylation is 2. The van der Waals surface area contributed by atoms with Gasteiger partial charge in [-0.2, -0.15) is 9.97 Å². The summed E-state index contributed by atoms with van der Waals surface area (Å²) < 4.78 is 1.53. The molecule has 0 saturated carbocycles. The Hall–Kier alpha value is -2.71. The number of hydrogen-bond donors (Lipinski definition) is 2. The molecule has 1 aliphatic heterocycles. The number of aliphatic hydroxyl groups excluding tert-OH is 1. The minimum Gasteiger partial charge on any atom is -0.391 e. The molecule has 7 nitrogen and oxygen atoms in total. The molecule has 4 rings (SSSR count). The van der Waals surface area contributed by atoms with E-state index in [0.29, 0.717) is 36.4 Å². The van der Waals surface area contributed by atoms with Gasteiger partial charge in [0.2, 0.25) is 5.95 Å². The van der Waals surface area contributed by atoms with Crippen molar-refractivity contribution in [3.05, 3.63) is 68.2 Å². The molecule has 1 aromatic carbocycles. The van der Waals surface area contributed by atoms with Gasteiger partial charge < -0.3 is 15.7 Å². The van der Waals surface area contributed by atoms with Crippen molar-refractivity contribution < 1.29 is 5.11 Å². The molecular formula is C19H21N5O2S. The number of benzene rings is 1. The van der Waals surface area contributed by atoms with Gasteiger partial charge in [-0.25, -0.2) is 4.79 Å². The molecule has 0 spiro atoms. The molecule has 0 radical (unpaired) electrons. The number of nitrogens with zero attached hydrogens (tertiary/aromatic N) is 4. The largest absolute Gasteiger partial charge is 0.391 e. The number of fused-ring (bicyclic) bond motifs is 1. The zero-order valence-corrected chi connectivity index (χ0v) is 16.0. The van der Waals surface area contributed by atoms with Gasteiger partial charge in [0.15, 0.2) is 0 Å². The third-order valence-corrected chi connectivity index (χ3v) is 5.67. The van der Waals surface area contributed by atoms with Crippen LogP contribution in [0.1, 0.15) is 33.5 Å². The van der Waals surface area contributed by atoms with Crippen molar-refractivity contribution in [3.63, 3.8) is 0 Å². The average Bonchev–Trinajstić information content (AvgIpc) is 3.03. The van der Waals surface area contributed by atoms with Crippen molar-refractivity contribution in [3.8, 4) is 0 Å². The lowest BCUT2D eigenvalue weighted by Gasteiger charge is -2.32. The highest BCUT2D eigenvalue weighted by Crippen LogP contribution is 2.29. The topological polar surface area (TPSA) is 97.3 Å². The SMILES string of the molecule is Cc1ccc2c(c1)C(O)CN(c1nc(C)n(Cc3ccc(N)s3)c(=O)n1)C2. The summed E-state index contributed by atoms with van der Waals surface area (Å²) >= 11 is 1.44. The average molecular weight is 383 g/mol. The van der Waals surface area contributed by atoms with E-state index >= 15 is 0 Å². The lowest BCUT2D eigenvalue weighted by atomic mass is 9.96. The Morgan fingerprint density at radius 1 is 1.26 bits per heavy atom. The smallest absolute Gasteiger partial charge is 0.352 e. The molecule has 1 atom stereocenters. The maximum absolute atomic E-state index is 12.6. The van der Waals surface area contributed by atoms with Crippen molar-refractivity contribution in [2.45, 2.75) is 33.0 Å². The first-order valence-corrected chi connectivity index (χ1v) is 9.54. The fourth-order valence-corrected chi connectivity index (χ4v) is 4.14. The number of thiophene rings is 1. The Balaban J connectivity index is 1.63. The molecule has 0 saturated heterocycles. The highest BCUT2D eigenvalue weighted by molar-refractivity contribution is 7.15. The van der Waals surface area contributed by atoms with Gasteiger partial charge in [0, 0.05) is 11.4 Å². The van der Waals surface area contributed by atoms with E-state index in [4.69, 9.17) is 5.73 Å². The van der Waals surface area contributed by atoms with E-state index in [1.54, 1.807) is 6.92 Å². The first-order chi connectivity index (χ1) is 12.9. The Morgan fingerprint density at radius 2 is 2.07 bits per heavy atom. The van der Waals surface area contributed by atoms with Crippen LogP contribution in [-0.2, 0) is 13.1 Å². The third-order valence-electron chi connectivity index (χ3n) is 4.77. The number of nitrogens with two attached hydrogens (primary N) is 1. The van der Waals surface area contributed by atoms with Crippen LogP contribution in [0.15, 0.2) is 35.1 Å². The van der Waals surface area contributed by atoms with E-state index in [9.17, 15) is 9.90 Å². The van der Waals surface area contributed by atoms with Crippen molar-refractivity contribution in [2.75, 3.05) is 17.2 Å². The third kappa shape index (κ3) is 3.45. The van der Waals surface area contributed by atoms with Crippen LogP contribution in [0, 0.1) is 13.8 Å². The minimum atomic E-state index is -0.630. The van der Waals surface area contributed by atoms with Crippen LogP contribution in [-0.4, -0.2) is 26.2 Å². The van der Waals surface area contributed by atoms with Crippen molar-refractivity contribution in [2.24, 2.45) is 0 Å². The predicted octanol–water partition coefficient (Wildman–Crippen LogP) is 2.00. The summed E-state index contributed by atoms with van der Waals surface area (Å²) in [5.74, 6) is 0.936. The van der Waals surface area contributed by atoms with Crippen molar-refractivity contribution >= 4 is 22.3 Å². The molecule has 27 heavy (non-hydrogen) atoms. The summed E-state index contributed by atoms with van der Waals surface area (Å²) in [6.07, 6.45) is -0.630. The van der Waals surface area contributed by atoms with E-state index < -0.39 is 6.10 Å². The maximum atomic E-state index is 12.6. The van der Waals surface area contributed by atoms with Crippen LogP contribution >= 0.6 is 11.3 Å². The summed E-state index contributed by atoms with van der Waals surface area (Å²) in [7, 11) is 0. The second-order valence-corrected chi connectivity index (χ2v) is 8.04. The number of aromatic nitrogens is 3. The molecule has 1 unspecified atom stereocenters. The molecular weight excluding hydrogens is 362 g/mol. The zero-order chi connectivity index (χ0) is 19.1. The summed E-state index contributed by atoms with van der Waals surface area (Å²) in [5, 5.41) is 11.2. The molecule has 3 heterocycles. The molecule has 1 aliphatic rings. The number of hydrogen-bond acceptors (Lipinski definition) is 7. The summed E-state index contributed by atoms with van der Waals surface area (Å²) in [6, 6.07) is 9.76. The fraction of sp³-hybridized carbons (Fsp3) is 0.316.